The molecular formula is C20H29N3O5. The van der Waals surface area contributed by atoms with Gasteiger partial charge in [-0.15, -0.1) is 0 Å². The Morgan fingerprint density at radius 2 is 1.89 bits per heavy atom. The van der Waals surface area contributed by atoms with Crippen LogP contribution in [-0.4, -0.2) is 55.1 Å². The molecule has 2 aliphatic rings. The fourth-order valence-corrected chi connectivity index (χ4v) is 3.50. The summed E-state index contributed by atoms with van der Waals surface area (Å²) < 4.78 is 11.0. The molecule has 1 aliphatic heterocycles. The van der Waals surface area contributed by atoms with Gasteiger partial charge in [0.25, 0.3) is 0 Å². The fraction of sp³-hybridized carbons (Fsp3) is 0.600. The van der Waals surface area contributed by atoms with Gasteiger partial charge in [-0.3, -0.25) is 4.79 Å². The van der Waals surface area contributed by atoms with Crippen LogP contribution in [0, 0.1) is 0 Å². The Balaban J connectivity index is 1.45. The number of urea groups is 1. The summed E-state index contributed by atoms with van der Waals surface area (Å²) in [5, 5.41) is 18.3. The lowest BCUT2D eigenvalue weighted by molar-refractivity contribution is -0.131. The molecule has 8 heteroatoms. The van der Waals surface area contributed by atoms with Gasteiger partial charge in [0.1, 0.15) is 11.9 Å². The van der Waals surface area contributed by atoms with Crippen LogP contribution in [-0.2, 0) is 9.53 Å². The number of ether oxygens (including phenoxy) is 2. The van der Waals surface area contributed by atoms with E-state index < -0.39 is 6.10 Å². The van der Waals surface area contributed by atoms with E-state index in [9.17, 15) is 14.7 Å². The molecular weight excluding hydrogens is 362 g/mol. The first kappa shape index (κ1) is 20.4. The minimum Gasteiger partial charge on any atom is -0.497 e. The molecule has 0 bridgehead atoms. The average Bonchev–Trinajstić information content (AvgIpc) is 2.66. The molecule has 1 saturated heterocycles. The van der Waals surface area contributed by atoms with E-state index in [2.05, 4.69) is 16.0 Å². The zero-order valence-corrected chi connectivity index (χ0v) is 16.1. The molecule has 0 aromatic heterocycles. The van der Waals surface area contributed by atoms with Crippen molar-refractivity contribution in [2.75, 3.05) is 19.0 Å². The number of nitrogens with one attached hydrogen (secondary N) is 3. The molecule has 1 heterocycles. The standard InChI is InChI=1S/C20H29N3O5/c1-27-15-7-5-14(6-8-15)22-20(26)23-17-10-9-16(28-18(17)12-24)11-19(25)21-13-3-2-4-13/h5-8,13,16-18,24H,2-4,9-12H2,1H3,(H,21,25)(H2,22,23,26)/t16-,17+,18+/m1/s1. The molecule has 1 aliphatic carbocycles. The highest BCUT2D eigenvalue weighted by atomic mass is 16.5. The van der Waals surface area contributed by atoms with Crippen LogP contribution in [0.5, 0.6) is 5.75 Å². The van der Waals surface area contributed by atoms with E-state index in [1.54, 1.807) is 31.4 Å². The second kappa shape index (κ2) is 9.75. The van der Waals surface area contributed by atoms with Crippen molar-refractivity contribution < 1.29 is 24.2 Å². The van der Waals surface area contributed by atoms with Gasteiger partial charge < -0.3 is 30.5 Å². The van der Waals surface area contributed by atoms with E-state index in [1.165, 1.54) is 6.42 Å². The highest BCUT2D eigenvalue weighted by Gasteiger charge is 2.33. The second-order valence-electron chi connectivity index (χ2n) is 7.39. The van der Waals surface area contributed by atoms with Gasteiger partial charge in [-0.2, -0.15) is 0 Å². The Morgan fingerprint density at radius 3 is 2.50 bits per heavy atom. The molecule has 154 valence electrons. The van der Waals surface area contributed by atoms with Crippen LogP contribution in [0.2, 0.25) is 0 Å². The predicted molar refractivity (Wildman–Crippen MR) is 104 cm³/mol. The molecule has 0 spiro atoms. The van der Waals surface area contributed by atoms with Crippen LogP contribution in [0.1, 0.15) is 38.5 Å². The number of aliphatic hydroxyl groups is 1. The van der Waals surface area contributed by atoms with Gasteiger partial charge in [0.2, 0.25) is 5.91 Å². The Labute approximate surface area is 165 Å². The van der Waals surface area contributed by atoms with E-state index in [0.717, 1.165) is 12.8 Å². The maximum Gasteiger partial charge on any atom is 0.319 e. The van der Waals surface area contributed by atoms with E-state index >= 15 is 0 Å². The summed E-state index contributed by atoms with van der Waals surface area (Å²) in [7, 11) is 1.58. The molecule has 1 saturated carbocycles. The van der Waals surface area contributed by atoms with Gasteiger partial charge in [-0.25, -0.2) is 4.79 Å². The first-order chi connectivity index (χ1) is 13.6. The van der Waals surface area contributed by atoms with Crippen molar-refractivity contribution in [2.24, 2.45) is 0 Å². The average molecular weight is 391 g/mol. The minimum absolute atomic E-state index is 0.00459. The molecule has 3 amide bonds. The number of carbonyl (C=O) groups excluding carboxylic acids is 2. The van der Waals surface area contributed by atoms with E-state index in [1.807, 2.05) is 0 Å². The smallest absolute Gasteiger partial charge is 0.319 e. The topological polar surface area (TPSA) is 109 Å². The number of hydrogen-bond acceptors (Lipinski definition) is 5. The Morgan fingerprint density at radius 1 is 1.14 bits per heavy atom. The Hall–Kier alpha value is -2.32. The number of aliphatic hydroxyl groups excluding tert-OH is 1. The molecule has 1 aromatic rings. The van der Waals surface area contributed by atoms with Crippen LogP contribution < -0.4 is 20.7 Å². The summed E-state index contributed by atoms with van der Waals surface area (Å²) in [6.07, 6.45) is 4.08. The van der Waals surface area contributed by atoms with Crippen molar-refractivity contribution in [2.45, 2.75) is 62.8 Å². The number of anilines is 1. The summed E-state index contributed by atoms with van der Waals surface area (Å²) >= 11 is 0. The van der Waals surface area contributed by atoms with E-state index in [-0.39, 0.29) is 37.1 Å². The third-order valence-electron chi connectivity index (χ3n) is 5.34. The van der Waals surface area contributed by atoms with Gasteiger partial charge in [-0.1, -0.05) is 0 Å². The van der Waals surface area contributed by atoms with Crippen LogP contribution in [0.4, 0.5) is 10.5 Å². The van der Waals surface area contributed by atoms with E-state index in [4.69, 9.17) is 9.47 Å². The normalized spacial score (nSPS) is 24.7. The van der Waals surface area contributed by atoms with Gasteiger partial charge in [-0.05, 0) is 56.4 Å². The maximum atomic E-state index is 12.3. The summed E-state index contributed by atoms with van der Waals surface area (Å²) in [6, 6.07) is 6.64. The fourth-order valence-electron chi connectivity index (χ4n) is 3.50. The molecule has 1 aromatic carbocycles. The number of benzene rings is 1. The Bertz CT molecular complexity index is 662. The quantitative estimate of drug-likeness (QED) is 0.567. The maximum absolute atomic E-state index is 12.3. The zero-order chi connectivity index (χ0) is 19.9. The highest BCUT2D eigenvalue weighted by molar-refractivity contribution is 5.89. The summed E-state index contributed by atoms with van der Waals surface area (Å²) in [5.74, 6) is 0.703. The van der Waals surface area contributed by atoms with E-state index in [0.29, 0.717) is 30.3 Å². The van der Waals surface area contributed by atoms with Crippen molar-refractivity contribution in [3.05, 3.63) is 24.3 Å². The van der Waals surface area contributed by atoms with Gasteiger partial charge in [0.15, 0.2) is 0 Å². The molecule has 0 radical (unpaired) electrons. The zero-order valence-electron chi connectivity index (χ0n) is 16.1. The monoisotopic (exact) mass is 391 g/mol. The molecule has 3 rings (SSSR count). The van der Waals surface area contributed by atoms with Crippen molar-refractivity contribution in [3.8, 4) is 5.75 Å². The van der Waals surface area contributed by atoms with Crippen LogP contribution in [0.3, 0.4) is 0 Å². The number of rotatable bonds is 7. The van der Waals surface area contributed by atoms with Crippen molar-refractivity contribution in [1.82, 2.24) is 10.6 Å². The first-order valence-corrected chi connectivity index (χ1v) is 9.84. The predicted octanol–water partition coefficient (Wildman–Crippen LogP) is 1.78. The highest BCUT2D eigenvalue weighted by Crippen LogP contribution is 2.23. The third-order valence-corrected chi connectivity index (χ3v) is 5.34. The van der Waals surface area contributed by atoms with Gasteiger partial charge >= 0.3 is 6.03 Å². The van der Waals surface area contributed by atoms with Gasteiger partial charge in [0.05, 0.1) is 32.3 Å². The molecule has 2 fully saturated rings. The number of hydrogen-bond donors (Lipinski definition) is 4. The van der Waals surface area contributed by atoms with Crippen LogP contribution in [0.15, 0.2) is 24.3 Å². The van der Waals surface area contributed by atoms with Gasteiger partial charge in [0, 0.05) is 11.7 Å². The molecule has 4 N–H and O–H groups in total. The largest absolute Gasteiger partial charge is 0.497 e. The summed E-state index contributed by atoms with van der Waals surface area (Å²) in [5.41, 5.74) is 0.640. The number of amides is 3. The lowest BCUT2D eigenvalue weighted by Gasteiger charge is -2.36. The summed E-state index contributed by atoms with van der Waals surface area (Å²) in [6.45, 7) is -0.214. The van der Waals surface area contributed by atoms with Crippen molar-refractivity contribution >= 4 is 17.6 Å². The second-order valence-corrected chi connectivity index (χ2v) is 7.39. The molecule has 28 heavy (non-hydrogen) atoms. The SMILES string of the molecule is COc1ccc(NC(=O)N[C@H]2CC[C@H](CC(=O)NC3CCC3)O[C@H]2CO)cc1. The number of methoxy groups -OCH3 is 1. The summed E-state index contributed by atoms with van der Waals surface area (Å²) in [4.78, 5) is 24.3. The molecule has 8 nitrogen and oxygen atoms in total. The number of carbonyl (C=O) groups is 2. The minimum atomic E-state index is -0.531. The lowest BCUT2D eigenvalue weighted by Crippen LogP contribution is -2.52. The van der Waals surface area contributed by atoms with Crippen LogP contribution in [0.25, 0.3) is 0 Å². The van der Waals surface area contributed by atoms with Crippen molar-refractivity contribution in [1.29, 1.82) is 0 Å². The first-order valence-electron chi connectivity index (χ1n) is 9.84. The van der Waals surface area contributed by atoms with Crippen molar-refractivity contribution in [3.63, 3.8) is 0 Å². The third kappa shape index (κ3) is 5.59. The molecule has 0 unspecified atom stereocenters. The lowest BCUT2D eigenvalue weighted by atomic mass is 9.92. The molecule has 3 atom stereocenters. The van der Waals surface area contributed by atoms with Crippen LogP contribution >= 0.6 is 0 Å². The Kier molecular flexibility index (Phi) is 7.11.